The molecule has 2 aromatic rings. The third kappa shape index (κ3) is 6.49. The standard InChI is InChI=1S/C24H23F9N2O2/c1-4-34(3)11-14-5-6-17(22(25,26)27)9-16(14)12-35-13(2)20(37-21(35)36)15-7-18(23(28,29)30)10-19(8-15)24(31,32)33/h5-10,13,20H,4,11-12H2,1-3H3. The Morgan fingerprint density at radius 1 is 0.838 bits per heavy atom. The van der Waals surface area contributed by atoms with Crippen LogP contribution in [-0.2, 0) is 36.4 Å². The van der Waals surface area contributed by atoms with Crippen LogP contribution in [0.3, 0.4) is 0 Å². The number of carbonyl (C=O) groups excluding carboxylic acids is 1. The maximum atomic E-state index is 13.3. The van der Waals surface area contributed by atoms with Gasteiger partial charge in [-0.3, -0.25) is 4.90 Å². The molecule has 2 unspecified atom stereocenters. The number of hydrogen-bond donors (Lipinski definition) is 0. The first-order valence-corrected chi connectivity index (χ1v) is 11.1. The highest BCUT2D eigenvalue weighted by atomic mass is 19.4. The Kier molecular flexibility index (Phi) is 7.79. The fourth-order valence-corrected chi connectivity index (χ4v) is 3.99. The molecular weight excluding hydrogens is 519 g/mol. The van der Waals surface area contributed by atoms with E-state index in [1.54, 1.807) is 7.05 Å². The maximum absolute atomic E-state index is 13.3. The zero-order valence-corrected chi connectivity index (χ0v) is 19.9. The fourth-order valence-electron chi connectivity index (χ4n) is 3.99. The lowest BCUT2D eigenvalue weighted by Crippen LogP contribution is -2.32. The first-order valence-electron chi connectivity index (χ1n) is 11.1. The molecule has 0 aromatic heterocycles. The second kappa shape index (κ2) is 10.1. The smallest absolute Gasteiger partial charge is 0.416 e. The van der Waals surface area contributed by atoms with Crippen LogP contribution in [0.15, 0.2) is 36.4 Å². The van der Waals surface area contributed by atoms with Crippen LogP contribution in [0.4, 0.5) is 44.3 Å². The number of cyclic esters (lactones) is 1. The number of amides is 1. The van der Waals surface area contributed by atoms with Crippen molar-refractivity contribution in [1.82, 2.24) is 9.80 Å². The molecule has 0 bridgehead atoms. The quantitative estimate of drug-likeness (QED) is 0.360. The van der Waals surface area contributed by atoms with Gasteiger partial charge in [0.1, 0.15) is 6.10 Å². The summed E-state index contributed by atoms with van der Waals surface area (Å²) in [6.45, 7) is 3.60. The van der Waals surface area contributed by atoms with Gasteiger partial charge in [0.15, 0.2) is 0 Å². The molecule has 3 rings (SSSR count). The number of halogens is 9. The first-order chi connectivity index (χ1) is 16.9. The number of ether oxygens (including phenoxy) is 1. The molecule has 2 aromatic carbocycles. The topological polar surface area (TPSA) is 32.8 Å². The molecule has 0 aliphatic carbocycles. The predicted octanol–water partition coefficient (Wildman–Crippen LogP) is 7.28. The molecule has 1 aliphatic rings. The van der Waals surface area contributed by atoms with E-state index < -0.39 is 65.6 Å². The molecule has 37 heavy (non-hydrogen) atoms. The van der Waals surface area contributed by atoms with Crippen LogP contribution >= 0.6 is 0 Å². The van der Waals surface area contributed by atoms with Crippen molar-refractivity contribution in [3.63, 3.8) is 0 Å². The van der Waals surface area contributed by atoms with E-state index in [1.807, 2.05) is 11.8 Å². The third-order valence-corrected chi connectivity index (χ3v) is 6.18. The largest absolute Gasteiger partial charge is 0.439 e. The Morgan fingerprint density at radius 2 is 1.38 bits per heavy atom. The normalized spacial score (nSPS) is 19.1. The summed E-state index contributed by atoms with van der Waals surface area (Å²) in [6.07, 6.45) is -17.4. The Labute approximate surface area is 206 Å². The zero-order valence-electron chi connectivity index (χ0n) is 19.9. The van der Waals surface area contributed by atoms with Crippen molar-refractivity contribution in [1.29, 1.82) is 0 Å². The lowest BCUT2D eigenvalue weighted by molar-refractivity contribution is -0.143. The summed E-state index contributed by atoms with van der Waals surface area (Å²) in [4.78, 5) is 15.4. The Bertz CT molecular complexity index is 1110. The summed E-state index contributed by atoms with van der Waals surface area (Å²) in [5.74, 6) is 0. The van der Waals surface area contributed by atoms with Gasteiger partial charge in [-0.2, -0.15) is 39.5 Å². The second-order valence-corrected chi connectivity index (χ2v) is 8.82. The summed E-state index contributed by atoms with van der Waals surface area (Å²) in [7, 11) is 1.73. The monoisotopic (exact) mass is 542 g/mol. The third-order valence-electron chi connectivity index (χ3n) is 6.18. The van der Waals surface area contributed by atoms with Gasteiger partial charge < -0.3 is 9.64 Å². The fraction of sp³-hybridized carbons (Fsp3) is 0.458. The lowest BCUT2D eigenvalue weighted by atomic mass is 9.97. The zero-order chi connectivity index (χ0) is 27.9. The van der Waals surface area contributed by atoms with E-state index in [4.69, 9.17) is 4.74 Å². The molecule has 0 N–H and O–H groups in total. The number of carbonyl (C=O) groups is 1. The number of benzene rings is 2. The number of hydrogen-bond acceptors (Lipinski definition) is 3. The Hall–Kier alpha value is -2.96. The summed E-state index contributed by atoms with van der Waals surface area (Å²) < 4.78 is 125. The summed E-state index contributed by atoms with van der Waals surface area (Å²) in [5, 5.41) is 0. The van der Waals surface area contributed by atoms with E-state index in [2.05, 4.69) is 0 Å². The first kappa shape index (κ1) is 28.6. The van der Waals surface area contributed by atoms with Crippen molar-refractivity contribution in [2.45, 2.75) is 57.6 Å². The van der Waals surface area contributed by atoms with Crippen LogP contribution in [-0.4, -0.2) is 35.5 Å². The summed E-state index contributed by atoms with van der Waals surface area (Å²) >= 11 is 0. The van der Waals surface area contributed by atoms with Crippen molar-refractivity contribution >= 4 is 6.09 Å². The highest BCUT2D eigenvalue weighted by molar-refractivity contribution is 5.71. The minimum absolute atomic E-state index is 0.0398. The van der Waals surface area contributed by atoms with Crippen LogP contribution in [0, 0.1) is 0 Å². The van der Waals surface area contributed by atoms with Crippen molar-refractivity contribution in [2.24, 2.45) is 0 Å². The van der Waals surface area contributed by atoms with E-state index in [0.717, 1.165) is 17.0 Å². The molecule has 0 saturated carbocycles. The molecule has 1 saturated heterocycles. The van der Waals surface area contributed by atoms with Crippen LogP contribution in [0.1, 0.15) is 53.3 Å². The van der Waals surface area contributed by atoms with Crippen molar-refractivity contribution in [3.05, 3.63) is 69.8 Å². The van der Waals surface area contributed by atoms with Crippen LogP contribution in [0.5, 0.6) is 0 Å². The van der Waals surface area contributed by atoms with E-state index >= 15 is 0 Å². The van der Waals surface area contributed by atoms with Gasteiger partial charge in [-0.25, -0.2) is 4.79 Å². The van der Waals surface area contributed by atoms with Crippen molar-refractivity contribution < 1.29 is 49.0 Å². The van der Waals surface area contributed by atoms with E-state index in [0.29, 0.717) is 24.2 Å². The number of rotatable bonds is 6. The predicted molar refractivity (Wildman–Crippen MR) is 114 cm³/mol. The highest BCUT2D eigenvalue weighted by Crippen LogP contribution is 2.41. The molecular formula is C24H23F9N2O2. The molecule has 204 valence electrons. The minimum atomic E-state index is -5.10. The molecule has 1 amide bonds. The molecule has 4 nitrogen and oxygen atoms in total. The van der Waals surface area contributed by atoms with Gasteiger partial charge in [0.2, 0.25) is 0 Å². The van der Waals surface area contributed by atoms with Gasteiger partial charge >= 0.3 is 24.6 Å². The molecule has 13 heteroatoms. The summed E-state index contributed by atoms with van der Waals surface area (Å²) in [6, 6.07) is 2.87. The second-order valence-electron chi connectivity index (χ2n) is 8.82. The van der Waals surface area contributed by atoms with Gasteiger partial charge in [0, 0.05) is 13.1 Å². The van der Waals surface area contributed by atoms with Crippen molar-refractivity contribution in [2.75, 3.05) is 13.6 Å². The van der Waals surface area contributed by atoms with Crippen LogP contribution < -0.4 is 0 Å². The average Bonchev–Trinajstić information content (AvgIpc) is 3.06. The van der Waals surface area contributed by atoms with E-state index in [1.165, 1.54) is 13.0 Å². The lowest BCUT2D eigenvalue weighted by Gasteiger charge is -2.25. The number of nitrogens with zero attached hydrogens (tertiary/aromatic N) is 2. The maximum Gasteiger partial charge on any atom is 0.416 e. The Morgan fingerprint density at radius 3 is 1.86 bits per heavy atom. The van der Waals surface area contributed by atoms with Gasteiger partial charge in [-0.05, 0) is 67.5 Å². The molecule has 0 radical (unpaired) electrons. The molecule has 1 aliphatic heterocycles. The minimum Gasteiger partial charge on any atom is -0.439 e. The SMILES string of the molecule is CCN(C)Cc1ccc(C(F)(F)F)cc1CN1C(=O)OC(c2cc(C(F)(F)F)cc(C(F)(F)F)c2)C1C. The van der Waals surface area contributed by atoms with E-state index in [9.17, 15) is 44.3 Å². The molecule has 2 atom stereocenters. The van der Waals surface area contributed by atoms with Gasteiger partial charge in [-0.15, -0.1) is 0 Å². The van der Waals surface area contributed by atoms with Gasteiger partial charge in [0.25, 0.3) is 0 Å². The molecule has 0 spiro atoms. The van der Waals surface area contributed by atoms with Crippen LogP contribution in [0.25, 0.3) is 0 Å². The molecule has 1 heterocycles. The van der Waals surface area contributed by atoms with Crippen molar-refractivity contribution in [3.8, 4) is 0 Å². The van der Waals surface area contributed by atoms with Gasteiger partial charge in [-0.1, -0.05) is 13.0 Å². The average molecular weight is 542 g/mol. The molecule has 1 fully saturated rings. The highest BCUT2D eigenvalue weighted by Gasteiger charge is 2.43. The van der Waals surface area contributed by atoms with E-state index in [-0.39, 0.29) is 18.2 Å². The van der Waals surface area contributed by atoms with Gasteiger partial charge in [0.05, 0.1) is 22.7 Å². The summed E-state index contributed by atoms with van der Waals surface area (Å²) in [5.41, 5.74) is -4.03. The Balaban J connectivity index is 1.99. The number of alkyl halides is 9. The van der Waals surface area contributed by atoms with Crippen LogP contribution in [0.2, 0.25) is 0 Å².